The minimum atomic E-state index is -0.649. The van der Waals surface area contributed by atoms with Gasteiger partial charge in [0.05, 0.1) is 23.1 Å². The fourth-order valence-corrected chi connectivity index (χ4v) is 9.58. The molecule has 2 aliphatic heterocycles. The van der Waals surface area contributed by atoms with E-state index in [0.29, 0.717) is 46.9 Å². The van der Waals surface area contributed by atoms with E-state index in [9.17, 15) is 10.1 Å². The van der Waals surface area contributed by atoms with E-state index in [4.69, 9.17) is 34.7 Å². The molecule has 5 heterocycles. The molecule has 2 unspecified atom stereocenters. The number of ether oxygens (including phenoxy) is 2. The van der Waals surface area contributed by atoms with Crippen LogP contribution in [-0.2, 0) is 16.6 Å². The van der Waals surface area contributed by atoms with Gasteiger partial charge in [-0.1, -0.05) is 5.16 Å². The summed E-state index contributed by atoms with van der Waals surface area (Å²) in [6, 6.07) is 4.84. The van der Waals surface area contributed by atoms with Crippen LogP contribution in [0.3, 0.4) is 0 Å². The number of nitrogens with zero attached hydrogens (tertiary/aromatic N) is 8. The van der Waals surface area contributed by atoms with Crippen molar-refractivity contribution in [3.05, 3.63) is 28.0 Å². The molecule has 5 atom stereocenters. The first-order chi connectivity index (χ1) is 23.4. The van der Waals surface area contributed by atoms with Crippen molar-refractivity contribution in [3.8, 4) is 23.6 Å². The molecule has 2 aliphatic carbocycles. The van der Waals surface area contributed by atoms with Gasteiger partial charge in [0.2, 0.25) is 11.7 Å². The molecular weight excluding hydrogens is 643 g/mol. The van der Waals surface area contributed by atoms with Gasteiger partial charge in [0.1, 0.15) is 34.3 Å². The van der Waals surface area contributed by atoms with E-state index in [1.807, 2.05) is 31.7 Å². The topological polar surface area (TPSA) is 160 Å². The van der Waals surface area contributed by atoms with Gasteiger partial charge in [0.15, 0.2) is 0 Å². The number of anilines is 2. The summed E-state index contributed by atoms with van der Waals surface area (Å²) >= 11 is 1.48. The molecule has 49 heavy (non-hydrogen) atoms. The molecule has 7 rings (SSSR count). The second-order valence-corrected chi connectivity index (χ2v) is 16.3. The van der Waals surface area contributed by atoms with Crippen LogP contribution in [0.2, 0.25) is 0 Å². The fraction of sp³-hybridized carbons (Fsp3) is 0.657. The van der Waals surface area contributed by atoms with Gasteiger partial charge in [0, 0.05) is 35.6 Å². The van der Waals surface area contributed by atoms with Gasteiger partial charge in [-0.2, -0.15) is 20.2 Å². The summed E-state index contributed by atoms with van der Waals surface area (Å²) < 4.78 is 18.3. The molecule has 0 spiro atoms. The highest BCUT2D eigenvalue weighted by Gasteiger charge is 2.45. The molecule has 0 bridgehead atoms. The van der Waals surface area contributed by atoms with Crippen LogP contribution in [-0.4, -0.2) is 92.5 Å². The molecule has 3 aromatic rings. The second-order valence-electron chi connectivity index (χ2n) is 15.2. The van der Waals surface area contributed by atoms with Gasteiger partial charge in [-0.05, 0) is 99.6 Å². The van der Waals surface area contributed by atoms with Crippen molar-refractivity contribution in [2.45, 2.75) is 121 Å². The van der Waals surface area contributed by atoms with Gasteiger partial charge in [-0.15, -0.1) is 11.3 Å². The highest BCUT2D eigenvalue weighted by atomic mass is 32.1. The van der Waals surface area contributed by atoms with Crippen LogP contribution in [0.25, 0.3) is 11.5 Å². The monoisotopic (exact) mass is 689 g/mol. The number of piperazine rings is 1. The average molecular weight is 690 g/mol. The fourth-order valence-electron chi connectivity index (χ4n) is 8.39. The molecule has 2 saturated heterocycles. The van der Waals surface area contributed by atoms with Crippen LogP contribution < -0.4 is 15.4 Å². The molecule has 14 heteroatoms. The standard InChI is InChI=1S/C35H47N9O4S/c1-20(23-12-9-15-42(23)6)46-32-38-22(30-40-31(48-41-30)35(5)14-8-13-26-28(35)21(19-36)29(37)49-26)18-27(39-32)43-16-17-44(25-11-7-10-24(25)43)33(45)47-34(2,3)4/h18,20,23-25H,7-17,37H2,1-6H3/t20-,23-,24?,25?,35-/m0/s1. The molecule has 2 N–H and O–H groups in total. The molecule has 262 valence electrons. The molecule has 3 aromatic heterocycles. The van der Waals surface area contributed by atoms with Crippen molar-refractivity contribution in [2.24, 2.45) is 0 Å². The van der Waals surface area contributed by atoms with E-state index in [1.54, 1.807) is 0 Å². The Bertz CT molecular complexity index is 1760. The van der Waals surface area contributed by atoms with Crippen molar-refractivity contribution in [1.82, 2.24) is 29.9 Å². The summed E-state index contributed by atoms with van der Waals surface area (Å²) in [5.41, 5.74) is 6.96. The first-order valence-corrected chi connectivity index (χ1v) is 18.4. The van der Waals surface area contributed by atoms with E-state index in [2.05, 4.69) is 41.9 Å². The summed E-state index contributed by atoms with van der Waals surface area (Å²) in [5, 5.41) is 14.9. The Kier molecular flexibility index (Phi) is 8.71. The lowest BCUT2D eigenvalue weighted by Crippen LogP contribution is -2.60. The third-order valence-corrected chi connectivity index (χ3v) is 11.8. The zero-order chi connectivity index (χ0) is 34.7. The number of carbonyl (C=O) groups is 1. The Morgan fingerprint density at radius 3 is 2.67 bits per heavy atom. The number of hydrogen-bond acceptors (Lipinski definition) is 13. The number of hydrogen-bond donors (Lipinski definition) is 1. The third kappa shape index (κ3) is 6.20. The summed E-state index contributed by atoms with van der Waals surface area (Å²) in [7, 11) is 2.13. The minimum Gasteiger partial charge on any atom is -0.459 e. The number of likely N-dealkylation sites (tertiary alicyclic amines) is 1. The van der Waals surface area contributed by atoms with Crippen LogP contribution in [0.4, 0.5) is 15.6 Å². The van der Waals surface area contributed by atoms with Crippen LogP contribution in [0, 0.1) is 11.3 Å². The number of amides is 1. The largest absolute Gasteiger partial charge is 0.459 e. The molecule has 1 saturated carbocycles. The van der Waals surface area contributed by atoms with Crippen LogP contribution in [0.15, 0.2) is 10.6 Å². The molecule has 3 fully saturated rings. The molecule has 0 radical (unpaired) electrons. The number of nitriles is 1. The second kappa shape index (κ2) is 12.7. The number of likely N-dealkylation sites (N-methyl/N-ethyl adjacent to an activating group) is 1. The first kappa shape index (κ1) is 33.5. The Hall–Kier alpha value is -3.96. The minimum absolute atomic E-state index is 0.0158. The number of aromatic nitrogens is 4. The average Bonchev–Trinajstić information content (AvgIpc) is 3.86. The molecule has 0 aromatic carbocycles. The van der Waals surface area contributed by atoms with Gasteiger partial charge < -0.3 is 29.5 Å². The maximum absolute atomic E-state index is 13.2. The van der Waals surface area contributed by atoms with Crippen LogP contribution in [0.1, 0.15) is 101 Å². The first-order valence-electron chi connectivity index (χ1n) is 17.5. The maximum atomic E-state index is 13.2. The summed E-state index contributed by atoms with van der Waals surface area (Å²) in [5.74, 6) is 1.48. The summed E-state index contributed by atoms with van der Waals surface area (Å²) in [4.78, 5) is 35.6. The van der Waals surface area contributed by atoms with Gasteiger partial charge >= 0.3 is 12.1 Å². The van der Waals surface area contributed by atoms with Crippen LogP contribution >= 0.6 is 11.3 Å². The van der Waals surface area contributed by atoms with Crippen LogP contribution in [0.5, 0.6) is 6.01 Å². The lowest BCUT2D eigenvalue weighted by Gasteiger charge is -2.45. The smallest absolute Gasteiger partial charge is 0.410 e. The number of rotatable bonds is 6. The predicted molar refractivity (Wildman–Crippen MR) is 186 cm³/mol. The van der Waals surface area contributed by atoms with Crippen molar-refractivity contribution in [3.63, 3.8) is 0 Å². The number of nitrogens with two attached hydrogens (primary N) is 1. The Morgan fingerprint density at radius 1 is 1.14 bits per heavy atom. The highest BCUT2D eigenvalue weighted by Crippen LogP contribution is 2.48. The van der Waals surface area contributed by atoms with E-state index >= 15 is 0 Å². The number of carbonyl (C=O) groups excluding carboxylic acids is 1. The van der Waals surface area contributed by atoms with E-state index in [0.717, 1.165) is 68.4 Å². The zero-order valence-corrected chi connectivity index (χ0v) is 30.2. The number of nitrogen functional groups attached to an aromatic ring is 1. The normalized spacial score (nSPS) is 26.3. The molecule has 13 nitrogen and oxygen atoms in total. The van der Waals surface area contributed by atoms with Gasteiger partial charge in [0.25, 0.3) is 0 Å². The number of thiophene rings is 1. The quantitative estimate of drug-likeness (QED) is 0.346. The zero-order valence-electron chi connectivity index (χ0n) is 29.4. The third-order valence-electron chi connectivity index (χ3n) is 10.7. The lowest BCUT2D eigenvalue weighted by atomic mass is 9.72. The van der Waals surface area contributed by atoms with Gasteiger partial charge in [-0.3, -0.25) is 4.90 Å². The molecule has 1 amide bonds. The van der Waals surface area contributed by atoms with Crippen molar-refractivity contribution in [2.75, 3.05) is 37.3 Å². The molecule has 4 aliphatic rings. The van der Waals surface area contributed by atoms with Crippen molar-refractivity contribution >= 4 is 28.2 Å². The highest BCUT2D eigenvalue weighted by molar-refractivity contribution is 7.16. The Balaban J connectivity index is 1.24. The summed E-state index contributed by atoms with van der Waals surface area (Å²) in [6.07, 6.45) is 7.17. The lowest BCUT2D eigenvalue weighted by molar-refractivity contribution is 0.0114. The SMILES string of the molecule is C[C@H](Oc1nc(-c2noc([C@@]3(C)CCCc4sc(N)c(C#N)c43)n2)cc(N2CCN(C(=O)OC(C)(C)C)C3CCCC32)n1)[C@@H]1CCCN1C. The molecular formula is C35H47N9O4S. The van der Waals surface area contributed by atoms with Gasteiger partial charge in [-0.25, -0.2) is 4.79 Å². The maximum Gasteiger partial charge on any atom is 0.410 e. The van der Waals surface area contributed by atoms with E-state index in [-0.39, 0.29) is 36.3 Å². The van der Waals surface area contributed by atoms with E-state index in [1.165, 1.54) is 11.3 Å². The van der Waals surface area contributed by atoms with E-state index < -0.39 is 11.0 Å². The summed E-state index contributed by atoms with van der Waals surface area (Å²) in [6.45, 7) is 12.0. The predicted octanol–water partition coefficient (Wildman–Crippen LogP) is 5.52. The van der Waals surface area contributed by atoms with Crippen molar-refractivity contribution < 1.29 is 18.8 Å². The van der Waals surface area contributed by atoms with Crippen molar-refractivity contribution in [1.29, 1.82) is 5.26 Å². The number of aryl methyl sites for hydroxylation is 1. The number of fused-ring (bicyclic) bond motifs is 2. The Labute approximate surface area is 291 Å². The Morgan fingerprint density at radius 2 is 1.94 bits per heavy atom.